The first kappa shape index (κ1) is 16.8. The van der Waals surface area contributed by atoms with Crippen molar-refractivity contribution in [1.82, 2.24) is 9.55 Å². The number of hydrogen-bond acceptors (Lipinski definition) is 4. The number of nitro benzene ring substituents is 1. The fraction of sp³-hybridized carbons (Fsp3) is 0.0952. The van der Waals surface area contributed by atoms with Crippen LogP contribution in [-0.4, -0.2) is 14.5 Å². The zero-order valence-corrected chi connectivity index (χ0v) is 14.8. The van der Waals surface area contributed by atoms with E-state index in [9.17, 15) is 10.1 Å². The lowest BCUT2D eigenvalue weighted by molar-refractivity contribution is -0.384. The van der Waals surface area contributed by atoms with E-state index in [4.69, 9.17) is 4.98 Å². The zero-order chi connectivity index (χ0) is 18.8. The Morgan fingerprint density at radius 2 is 1.70 bits per heavy atom. The van der Waals surface area contributed by atoms with Gasteiger partial charge < -0.3 is 9.88 Å². The second kappa shape index (κ2) is 6.92. The van der Waals surface area contributed by atoms with E-state index in [1.54, 1.807) is 12.1 Å². The zero-order valence-electron chi connectivity index (χ0n) is 14.8. The molecule has 0 amide bonds. The lowest BCUT2D eigenvalue weighted by atomic mass is 10.1. The second-order valence-corrected chi connectivity index (χ2v) is 6.37. The molecule has 1 heterocycles. The van der Waals surface area contributed by atoms with Gasteiger partial charge >= 0.3 is 0 Å². The summed E-state index contributed by atoms with van der Waals surface area (Å²) in [4.78, 5) is 15.1. The van der Waals surface area contributed by atoms with E-state index in [-0.39, 0.29) is 5.69 Å². The summed E-state index contributed by atoms with van der Waals surface area (Å²) < 4.78 is 2.12. The van der Waals surface area contributed by atoms with Crippen molar-refractivity contribution in [1.29, 1.82) is 0 Å². The van der Waals surface area contributed by atoms with Crippen molar-refractivity contribution < 1.29 is 4.92 Å². The molecule has 4 aromatic rings. The first-order valence-electron chi connectivity index (χ1n) is 8.63. The van der Waals surface area contributed by atoms with E-state index in [1.807, 2.05) is 36.4 Å². The van der Waals surface area contributed by atoms with E-state index in [0.717, 1.165) is 16.7 Å². The Balaban J connectivity index is 1.73. The van der Waals surface area contributed by atoms with Crippen molar-refractivity contribution in [2.75, 3.05) is 5.32 Å². The summed E-state index contributed by atoms with van der Waals surface area (Å²) in [6, 6.07) is 22.6. The Labute approximate surface area is 156 Å². The molecule has 1 N–H and O–H groups in total. The van der Waals surface area contributed by atoms with Crippen LogP contribution in [0.3, 0.4) is 0 Å². The molecule has 0 saturated heterocycles. The number of aryl methyl sites for hydroxylation is 1. The van der Waals surface area contributed by atoms with Crippen LogP contribution in [0.5, 0.6) is 0 Å². The first-order chi connectivity index (χ1) is 13.1. The molecule has 134 valence electrons. The number of nitro groups is 1. The van der Waals surface area contributed by atoms with Gasteiger partial charge in [0.05, 0.1) is 22.5 Å². The summed E-state index contributed by atoms with van der Waals surface area (Å²) in [6.45, 7) is 2.78. The van der Waals surface area contributed by atoms with Gasteiger partial charge in [0.1, 0.15) is 0 Å². The van der Waals surface area contributed by atoms with E-state index in [0.29, 0.717) is 12.5 Å². The monoisotopic (exact) mass is 358 g/mol. The van der Waals surface area contributed by atoms with E-state index >= 15 is 0 Å². The highest BCUT2D eigenvalue weighted by atomic mass is 16.6. The molecule has 0 radical (unpaired) electrons. The molecule has 0 atom stereocenters. The summed E-state index contributed by atoms with van der Waals surface area (Å²) in [7, 11) is 0. The normalized spacial score (nSPS) is 10.9. The molecule has 6 nitrogen and oxygen atoms in total. The third-order valence-corrected chi connectivity index (χ3v) is 4.58. The Morgan fingerprint density at radius 1 is 1.00 bits per heavy atom. The number of anilines is 2. The van der Waals surface area contributed by atoms with Crippen molar-refractivity contribution in [2.24, 2.45) is 0 Å². The molecule has 6 heteroatoms. The molecule has 0 spiro atoms. The summed E-state index contributed by atoms with van der Waals surface area (Å²) in [5.74, 6) is 0.702. The topological polar surface area (TPSA) is 73.0 Å². The predicted octanol–water partition coefficient (Wildman–Crippen LogP) is 5.04. The van der Waals surface area contributed by atoms with Gasteiger partial charge in [0, 0.05) is 17.8 Å². The minimum atomic E-state index is -0.406. The highest BCUT2D eigenvalue weighted by Gasteiger charge is 2.13. The van der Waals surface area contributed by atoms with Crippen molar-refractivity contribution in [2.45, 2.75) is 13.5 Å². The van der Waals surface area contributed by atoms with Crippen molar-refractivity contribution in [3.63, 3.8) is 0 Å². The van der Waals surface area contributed by atoms with Crippen molar-refractivity contribution in [3.05, 3.63) is 94.0 Å². The van der Waals surface area contributed by atoms with Crippen LogP contribution in [-0.2, 0) is 6.54 Å². The van der Waals surface area contributed by atoms with Crippen LogP contribution >= 0.6 is 0 Å². The fourth-order valence-corrected chi connectivity index (χ4v) is 3.08. The van der Waals surface area contributed by atoms with E-state index in [1.165, 1.54) is 23.3 Å². The SMILES string of the molecule is Cc1ccccc1Cn1c(Nc2ccc([N+](=O)[O-])cc2)nc2ccccc21. The number of fused-ring (bicyclic) bond motifs is 1. The standard InChI is InChI=1S/C21H18N4O2/c1-15-6-2-3-7-16(15)14-24-20-9-5-4-8-19(20)23-21(24)22-17-10-12-18(13-11-17)25(26)27/h2-13H,14H2,1H3,(H,22,23). The van der Waals surface area contributed by atoms with Crippen LogP contribution in [0.2, 0.25) is 0 Å². The molecule has 0 saturated carbocycles. The number of para-hydroxylation sites is 2. The minimum Gasteiger partial charge on any atom is -0.326 e. The number of imidazole rings is 1. The number of nitrogens with one attached hydrogen (secondary N) is 1. The van der Waals surface area contributed by atoms with Gasteiger partial charge in [-0.25, -0.2) is 4.98 Å². The number of hydrogen-bond donors (Lipinski definition) is 1. The maximum absolute atomic E-state index is 10.8. The molecule has 3 aromatic carbocycles. The van der Waals surface area contributed by atoms with E-state index in [2.05, 4.69) is 28.9 Å². The van der Waals surface area contributed by atoms with Crippen LogP contribution in [0, 0.1) is 17.0 Å². The molecule has 0 aliphatic carbocycles. The van der Waals surface area contributed by atoms with Crippen molar-refractivity contribution >= 4 is 28.4 Å². The maximum Gasteiger partial charge on any atom is 0.269 e. The van der Waals surface area contributed by atoms with Crippen LogP contribution in [0.4, 0.5) is 17.3 Å². The van der Waals surface area contributed by atoms with Gasteiger partial charge in [-0.3, -0.25) is 10.1 Å². The van der Waals surface area contributed by atoms with Gasteiger partial charge in [-0.15, -0.1) is 0 Å². The highest BCUT2D eigenvalue weighted by Crippen LogP contribution is 2.25. The Morgan fingerprint density at radius 3 is 2.44 bits per heavy atom. The first-order valence-corrected chi connectivity index (χ1v) is 8.63. The molecule has 27 heavy (non-hydrogen) atoms. The van der Waals surface area contributed by atoms with Gasteiger partial charge in [-0.2, -0.15) is 0 Å². The number of nitrogens with zero attached hydrogens (tertiary/aromatic N) is 3. The molecular weight excluding hydrogens is 340 g/mol. The molecule has 0 aliphatic rings. The average molecular weight is 358 g/mol. The third-order valence-electron chi connectivity index (χ3n) is 4.58. The number of aromatic nitrogens is 2. The molecule has 4 rings (SSSR count). The summed E-state index contributed by atoms with van der Waals surface area (Å²) in [5, 5.41) is 14.1. The maximum atomic E-state index is 10.8. The summed E-state index contributed by atoms with van der Waals surface area (Å²) in [6.07, 6.45) is 0. The minimum absolute atomic E-state index is 0.0639. The Bertz CT molecular complexity index is 1120. The average Bonchev–Trinajstić information content (AvgIpc) is 3.01. The number of rotatable bonds is 5. The van der Waals surface area contributed by atoms with Gasteiger partial charge in [-0.1, -0.05) is 36.4 Å². The van der Waals surface area contributed by atoms with Crippen LogP contribution in [0.1, 0.15) is 11.1 Å². The van der Waals surface area contributed by atoms with E-state index < -0.39 is 4.92 Å². The molecule has 0 fully saturated rings. The largest absolute Gasteiger partial charge is 0.326 e. The van der Waals surface area contributed by atoms with Gasteiger partial charge in [0.25, 0.3) is 5.69 Å². The second-order valence-electron chi connectivity index (χ2n) is 6.37. The lowest BCUT2D eigenvalue weighted by Crippen LogP contribution is -2.06. The van der Waals surface area contributed by atoms with Crippen LogP contribution < -0.4 is 5.32 Å². The van der Waals surface area contributed by atoms with Crippen LogP contribution in [0.25, 0.3) is 11.0 Å². The molecule has 0 unspecified atom stereocenters. The predicted molar refractivity (Wildman–Crippen MR) is 106 cm³/mol. The molecule has 0 aliphatic heterocycles. The van der Waals surface area contributed by atoms with Crippen molar-refractivity contribution in [3.8, 4) is 0 Å². The van der Waals surface area contributed by atoms with Gasteiger partial charge in [-0.05, 0) is 42.3 Å². The van der Waals surface area contributed by atoms with Crippen LogP contribution in [0.15, 0.2) is 72.8 Å². The number of non-ortho nitro benzene ring substituents is 1. The molecule has 1 aromatic heterocycles. The highest BCUT2D eigenvalue weighted by molar-refractivity contribution is 5.80. The van der Waals surface area contributed by atoms with Gasteiger partial charge in [0.2, 0.25) is 5.95 Å². The quantitative estimate of drug-likeness (QED) is 0.400. The molecular formula is C21H18N4O2. The fourth-order valence-electron chi connectivity index (χ4n) is 3.08. The molecule has 0 bridgehead atoms. The Hall–Kier alpha value is -3.67. The smallest absolute Gasteiger partial charge is 0.269 e. The lowest BCUT2D eigenvalue weighted by Gasteiger charge is -2.12. The summed E-state index contributed by atoms with van der Waals surface area (Å²) >= 11 is 0. The summed E-state index contributed by atoms with van der Waals surface area (Å²) in [5.41, 5.74) is 5.18. The third kappa shape index (κ3) is 3.37. The number of benzene rings is 3. The Kier molecular flexibility index (Phi) is 4.30. The van der Waals surface area contributed by atoms with Gasteiger partial charge in [0.15, 0.2) is 0 Å².